The van der Waals surface area contributed by atoms with Crippen LogP contribution < -0.4 is 20.9 Å². The molecule has 1 aromatic carbocycles. The minimum absolute atomic E-state index is 0.0714. The number of amides is 3. The van der Waals surface area contributed by atoms with Gasteiger partial charge in [0.2, 0.25) is 5.75 Å². The number of halogens is 1. The number of hydrogen-bond acceptors (Lipinski definition) is 6. The summed E-state index contributed by atoms with van der Waals surface area (Å²) in [5.41, 5.74) is -1.24. The highest BCUT2D eigenvalue weighted by Gasteiger charge is 2.51. The second-order valence-electron chi connectivity index (χ2n) is 10.3. The number of carbonyl (C=O) groups is 3. The molecule has 11 heteroatoms. The molecule has 1 fully saturated rings. The van der Waals surface area contributed by atoms with E-state index < -0.39 is 34.2 Å². The molecule has 38 heavy (non-hydrogen) atoms. The number of fused-ring (bicyclic) bond motifs is 2. The zero-order chi connectivity index (χ0) is 27.8. The second-order valence-corrected chi connectivity index (χ2v) is 10.3. The summed E-state index contributed by atoms with van der Waals surface area (Å²) in [6.45, 7) is 5.93. The van der Waals surface area contributed by atoms with Gasteiger partial charge in [0.05, 0.1) is 12.6 Å². The first-order chi connectivity index (χ1) is 18.0. The number of methoxy groups -OCH3 is 1. The van der Waals surface area contributed by atoms with Gasteiger partial charge in [0.1, 0.15) is 11.6 Å². The fourth-order valence-electron chi connectivity index (χ4n) is 5.26. The third-order valence-electron chi connectivity index (χ3n) is 7.61. The summed E-state index contributed by atoms with van der Waals surface area (Å²) >= 11 is 0. The smallest absolute Gasteiger partial charge is 0.311 e. The zero-order valence-electron chi connectivity index (χ0n) is 22.0. The summed E-state index contributed by atoms with van der Waals surface area (Å²) in [6.07, 6.45) is 3.83. The standard InChI is InChI=1S/C27H32FN5O5/c1-6-26-9-11-27(12-10-26,31-22(35)24(37)32(3)4)25-30-19(20(38-5)23(36)33(25)15-26)21(34)29-14-17-7-8-18(28)16(2)13-17/h6-8,13H,1,9-12,14-15H2,2-5H3,(H,29,34)(H,31,35). The maximum atomic E-state index is 13.7. The lowest BCUT2D eigenvalue weighted by Crippen LogP contribution is -2.54. The number of rotatable bonds is 6. The van der Waals surface area contributed by atoms with Gasteiger partial charge in [0.25, 0.3) is 11.5 Å². The molecule has 0 spiro atoms. The van der Waals surface area contributed by atoms with E-state index in [1.165, 1.54) is 36.7 Å². The molecule has 0 atom stereocenters. The summed E-state index contributed by atoms with van der Waals surface area (Å²) in [5.74, 6) is -2.60. The Hall–Kier alpha value is -4.02. The van der Waals surface area contributed by atoms with Crippen molar-refractivity contribution in [3.05, 3.63) is 69.7 Å². The number of nitrogens with one attached hydrogen (secondary N) is 2. The molecule has 0 unspecified atom stereocenters. The fourth-order valence-corrected chi connectivity index (χ4v) is 5.26. The molecule has 202 valence electrons. The van der Waals surface area contributed by atoms with Gasteiger partial charge in [-0.3, -0.25) is 23.7 Å². The Balaban J connectivity index is 1.78. The third-order valence-corrected chi connectivity index (χ3v) is 7.61. The zero-order valence-corrected chi connectivity index (χ0v) is 22.0. The van der Waals surface area contributed by atoms with Gasteiger partial charge in [-0.1, -0.05) is 18.2 Å². The molecule has 2 aliphatic heterocycles. The van der Waals surface area contributed by atoms with Crippen LogP contribution in [0.4, 0.5) is 4.39 Å². The molecule has 0 radical (unpaired) electrons. The van der Waals surface area contributed by atoms with E-state index in [4.69, 9.17) is 4.74 Å². The number of nitrogens with zero attached hydrogens (tertiary/aromatic N) is 3. The largest absolute Gasteiger partial charge is 0.489 e. The first-order valence-corrected chi connectivity index (χ1v) is 12.4. The van der Waals surface area contributed by atoms with Crippen LogP contribution >= 0.6 is 0 Å². The van der Waals surface area contributed by atoms with E-state index in [0.29, 0.717) is 36.8 Å². The van der Waals surface area contributed by atoms with E-state index in [1.807, 2.05) is 6.08 Å². The van der Waals surface area contributed by atoms with E-state index in [0.717, 1.165) is 0 Å². The molecule has 2 aromatic rings. The summed E-state index contributed by atoms with van der Waals surface area (Å²) in [6, 6.07) is 4.49. The van der Waals surface area contributed by atoms with E-state index >= 15 is 0 Å². The Labute approximate surface area is 219 Å². The van der Waals surface area contributed by atoms with Gasteiger partial charge in [0.15, 0.2) is 5.69 Å². The minimum Gasteiger partial charge on any atom is -0.489 e. The van der Waals surface area contributed by atoms with Crippen molar-refractivity contribution in [3.8, 4) is 5.75 Å². The number of carbonyl (C=O) groups excluding carboxylic acids is 3. The summed E-state index contributed by atoms with van der Waals surface area (Å²) in [7, 11) is 4.24. The maximum absolute atomic E-state index is 13.7. The Morgan fingerprint density at radius 1 is 1.24 bits per heavy atom. The molecule has 2 N–H and O–H groups in total. The van der Waals surface area contributed by atoms with Crippen molar-refractivity contribution in [3.63, 3.8) is 0 Å². The number of likely N-dealkylation sites (N-methyl/N-ethyl adjacent to an activating group) is 1. The van der Waals surface area contributed by atoms with Crippen LogP contribution in [-0.4, -0.2) is 53.4 Å². The van der Waals surface area contributed by atoms with Crippen LogP contribution in [0.25, 0.3) is 0 Å². The molecule has 5 rings (SSSR count). The van der Waals surface area contributed by atoms with Crippen molar-refractivity contribution in [1.82, 2.24) is 25.1 Å². The van der Waals surface area contributed by atoms with Gasteiger partial charge in [0, 0.05) is 32.6 Å². The Morgan fingerprint density at radius 3 is 2.50 bits per heavy atom. The minimum atomic E-state index is -1.14. The van der Waals surface area contributed by atoms with Crippen molar-refractivity contribution in [2.75, 3.05) is 21.2 Å². The quantitative estimate of drug-likeness (QED) is 0.438. The van der Waals surface area contributed by atoms with Crippen LogP contribution in [0.3, 0.4) is 0 Å². The van der Waals surface area contributed by atoms with E-state index in [1.54, 1.807) is 19.1 Å². The molecule has 1 saturated carbocycles. The molecular weight excluding hydrogens is 493 g/mol. The number of hydrogen-bond donors (Lipinski definition) is 2. The van der Waals surface area contributed by atoms with Crippen molar-refractivity contribution in [2.24, 2.45) is 5.41 Å². The molecule has 3 aliphatic rings. The van der Waals surface area contributed by atoms with Gasteiger partial charge in [-0.2, -0.15) is 0 Å². The molecule has 2 bridgehead atoms. The number of aryl methyl sites for hydroxylation is 1. The van der Waals surface area contributed by atoms with Crippen molar-refractivity contribution in [2.45, 2.75) is 51.2 Å². The lowest BCUT2D eigenvalue weighted by atomic mass is 9.68. The van der Waals surface area contributed by atoms with Crippen LogP contribution in [0.15, 0.2) is 35.6 Å². The van der Waals surface area contributed by atoms with Gasteiger partial charge >= 0.3 is 11.8 Å². The van der Waals surface area contributed by atoms with E-state index in [9.17, 15) is 23.6 Å². The predicted octanol–water partition coefficient (Wildman–Crippen LogP) is 1.79. The van der Waals surface area contributed by atoms with Crippen LogP contribution in [-0.2, 0) is 28.2 Å². The number of aromatic nitrogens is 2. The lowest BCUT2D eigenvalue weighted by Gasteiger charge is -2.40. The highest BCUT2D eigenvalue weighted by molar-refractivity contribution is 6.35. The summed E-state index contributed by atoms with van der Waals surface area (Å²) in [4.78, 5) is 58.0. The maximum Gasteiger partial charge on any atom is 0.311 e. The number of benzene rings is 1. The predicted molar refractivity (Wildman–Crippen MR) is 137 cm³/mol. The molecule has 0 saturated heterocycles. The number of ether oxygens (including phenoxy) is 1. The number of allylic oxidation sites excluding steroid dienone is 1. The molecule has 3 amide bonds. The Bertz CT molecular complexity index is 1370. The monoisotopic (exact) mass is 525 g/mol. The Kier molecular flexibility index (Phi) is 7.14. The summed E-state index contributed by atoms with van der Waals surface area (Å²) < 4.78 is 20.4. The highest BCUT2D eigenvalue weighted by Crippen LogP contribution is 2.50. The highest BCUT2D eigenvalue weighted by atomic mass is 19.1. The van der Waals surface area contributed by atoms with E-state index in [2.05, 4.69) is 22.2 Å². The van der Waals surface area contributed by atoms with Crippen molar-refractivity contribution < 1.29 is 23.5 Å². The van der Waals surface area contributed by atoms with Gasteiger partial charge in [-0.05, 0) is 49.8 Å². The normalized spacial score (nSPS) is 21.6. The van der Waals surface area contributed by atoms with Crippen LogP contribution in [0, 0.1) is 18.2 Å². The van der Waals surface area contributed by atoms with Gasteiger partial charge in [-0.15, -0.1) is 6.58 Å². The van der Waals surface area contributed by atoms with Crippen molar-refractivity contribution in [1.29, 1.82) is 0 Å². The molecule has 3 heterocycles. The molecule has 1 aromatic heterocycles. The third kappa shape index (κ3) is 4.68. The van der Waals surface area contributed by atoms with Crippen molar-refractivity contribution >= 4 is 17.7 Å². The van der Waals surface area contributed by atoms with Crippen LogP contribution in [0.1, 0.15) is 53.1 Å². The molecule has 10 nitrogen and oxygen atoms in total. The van der Waals surface area contributed by atoms with Gasteiger partial charge < -0.3 is 20.3 Å². The average molecular weight is 526 g/mol. The van der Waals surface area contributed by atoms with Crippen LogP contribution in [0.2, 0.25) is 0 Å². The van der Waals surface area contributed by atoms with Gasteiger partial charge in [-0.25, -0.2) is 9.37 Å². The first-order valence-electron chi connectivity index (χ1n) is 12.4. The topological polar surface area (TPSA) is 123 Å². The lowest BCUT2D eigenvalue weighted by molar-refractivity contribution is -0.145. The first kappa shape index (κ1) is 27.0. The second kappa shape index (κ2) is 10.0. The molecular formula is C27H32FN5O5. The average Bonchev–Trinajstić information content (AvgIpc) is 3.12. The Morgan fingerprint density at radius 2 is 1.92 bits per heavy atom. The fraction of sp³-hybridized carbons (Fsp3) is 0.444. The van der Waals surface area contributed by atoms with Crippen LogP contribution in [0.5, 0.6) is 5.75 Å². The SMILES string of the molecule is C=CC12CCC(NC(=O)C(=O)N(C)C)(CC1)c1nc(C(=O)NCc3ccc(F)c(C)c3)c(OC)c(=O)n1C2. The summed E-state index contributed by atoms with van der Waals surface area (Å²) in [5, 5.41) is 5.56. The van der Waals surface area contributed by atoms with E-state index in [-0.39, 0.29) is 36.2 Å². The molecule has 1 aliphatic carbocycles.